The Hall–Kier alpha value is -0.200. The lowest BCUT2D eigenvalue weighted by Gasteiger charge is -2.27. The fraction of sp³-hybridized carbons (Fsp3) is 1.00. The van der Waals surface area contributed by atoms with Gasteiger partial charge in [-0.2, -0.15) is 0 Å². The molecule has 2 N–H and O–H groups in total. The van der Waals surface area contributed by atoms with Crippen LogP contribution in [-0.4, -0.2) is 58.9 Å². The molecule has 16 heavy (non-hydrogen) atoms. The zero-order valence-electron chi connectivity index (χ0n) is 10.5. The molecule has 1 aliphatic rings. The first-order valence-corrected chi connectivity index (χ1v) is 5.86. The minimum atomic E-state index is -0.169. The highest BCUT2D eigenvalue weighted by Crippen LogP contribution is 2.02. The average molecular weight is 232 g/mol. The summed E-state index contributed by atoms with van der Waals surface area (Å²) in [5.74, 6) is 0. The number of hydrogen-bond acceptors (Lipinski definition) is 5. The van der Waals surface area contributed by atoms with Crippen LogP contribution in [0.1, 0.15) is 13.3 Å². The van der Waals surface area contributed by atoms with E-state index in [1.54, 1.807) is 14.2 Å². The summed E-state index contributed by atoms with van der Waals surface area (Å²) in [6, 6.07) is 0.881. The molecule has 2 unspecified atom stereocenters. The van der Waals surface area contributed by atoms with Gasteiger partial charge in [0.1, 0.15) is 0 Å². The second-order valence-electron chi connectivity index (χ2n) is 4.17. The first-order valence-electron chi connectivity index (χ1n) is 5.86. The summed E-state index contributed by atoms with van der Waals surface area (Å²) in [4.78, 5) is 0. The van der Waals surface area contributed by atoms with E-state index in [2.05, 4.69) is 17.6 Å². The third-order valence-electron chi connectivity index (χ3n) is 2.80. The smallest absolute Gasteiger partial charge is 0.169 e. The van der Waals surface area contributed by atoms with Crippen LogP contribution in [0.3, 0.4) is 0 Å². The summed E-state index contributed by atoms with van der Waals surface area (Å²) in [5.41, 5.74) is 0. The Balaban J connectivity index is 2.11. The second-order valence-corrected chi connectivity index (χ2v) is 4.17. The Morgan fingerprint density at radius 1 is 1.44 bits per heavy atom. The summed E-state index contributed by atoms with van der Waals surface area (Å²) in [7, 11) is 3.30. The molecule has 0 saturated carbocycles. The van der Waals surface area contributed by atoms with Crippen molar-refractivity contribution in [3.05, 3.63) is 0 Å². The standard InChI is InChI=1S/C11H24N2O3/c1-9(13-7-11(14-2)15-3)6-10-8-16-5-4-12-10/h9-13H,4-8H2,1-3H3. The Bertz CT molecular complexity index is 171. The number of rotatable bonds is 7. The predicted octanol–water partition coefficient (Wildman–Crippen LogP) is -0.0381. The van der Waals surface area contributed by atoms with Gasteiger partial charge in [-0.05, 0) is 13.3 Å². The van der Waals surface area contributed by atoms with Gasteiger partial charge >= 0.3 is 0 Å². The highest BCUT2D eigenvalue weighted by Gasteiger charge is 2.16. The van der Waals surface area contributed by atoms with Crippen molar-refractivity contribution >= 4 is 0 Å². The van der Waals surface area contributed by atoms with E-state index in [1.807, 2.05) is 0 Å². The fourth-order valence-electron chi connectivity index (χ4n) is 1.84. The van der Waals surface area contributed by atoms with Gasteiger partial charge in [0.25, 0.3) is 0 Å². The summed E-state index contributed by atoms with van der Waals surface area (Å²) in [6.45, 7) is 5.47. The van der Waals surface area contributed by atoms with Crippen LogP contribution in [-0.2, 0) is 14.2 Å². The SMILES string of the molecule is COC(CNC(C)CC1COCCN1)OC. The van der Waals surface area contributed by atoms with Crippen molar-refractivity contribution in [2.24, 2.45) is 0 Å². The van der Waals surface area contributed by atoms with E-state index < -0.39 is 0 Å². The monoisotopic (exact) mass is 232 g/mol. The lowest BCUT2D eigenvalue weighted by molar-refractivity contribution is -0.0999. The molecule has 1 aliphatic heterocycles. The van der Waals surface area contributed by atoms with Crippen molar-refractivity contribution in [3.8, 4) is 0 Å². The van der Waals surface area contributed by atoms with E-state index in [0.29, 0.717) is 18.6 Å². The summed E-state index contributed by atoms with van der Waals surface area (Å²) < 4.78 is 15.6. The Labute approximate surface area is 97.8 Å². The van der Waals surface area contributed by atoms with Crippen LogP contribution >= 0.6 is 0 Å². The van der Waals surface area contributed by atoms with Crippen molar-refractivity contribution in [3.63, 3.8) is 0 Å². The van der Waals surface area contributed by atoms with Crippen LogP contribution < -0.4 is 10.6 Å². The van der Waals surface area contributed by atoms with Gasteiger partial charge in [0.15, 0.2) is 6.29 Å². The molecule has 0 spiro atoms. The molecule has 0 amide bonds. The molecule has 96 valence electrons. The van der Waals surface area contributed by atoms with E-state index in [0.717, 1.165) is 26.2 Å². The number of methoxy groups -OCH3 is 2. The first kappa shape index (κ1) is 13.9. The highest BCUT2D eigenvalue weighted by molar-refractivity contribution is 4.75. The molecule has 0 aromatic heterocycles. The number of ether oxygens (including phenoxy) is 3. The van der Waals surface area contributed by atoms with Gasteiger partial charge in [0, 0.05) is 39.4 Å². The van der Waals surface area contributed by atoms with Crippen LogP contribution in [0, 0.1) is 0 Å². The minimum Gasteiger partial charge on any atom is -0.379 e. The van der Waals surface area contributed by atoms with Crippen molar-refractivity contribution < 1.29 is 14.2 Å². The van der Waals surface area contributed by atoms with Gasteiger partial charge in [0.2, 0.25) is 0 Å². The molecule has 1 heterocycles. The van der Waals surface area contributed by atoms with E-state index in [4.69, 9.17) is 14.2 Å². The quantitative estimate of drug-likeness (QED) is 0.603. The maximum Gasteiger partial charge on any atom is 0.169 e. The molecule has 5 heteroatoms. The molecule has 2 atom stereocenters. The van der Waals surface area contributed by atoms with Crippen LogP contribution in [0.4, 0.5) is 0 Å². The van der Waals surface area contributed by atoms with Crippen LogP contribution in [0.5, 0.6) is 0 Å². The van der Waals surface area contributed by atoms with Crippen LogP contribution in [0.25, 0.3) is 0 Å². The molecular formula is C11H24N2O3. The lowest BCUT2D eigenvalue weighted by Crippen LogP contribution is -2.46. The van der Waals surface area contributed by atoms with Gasteiger partial charge in [-0.3, -0.25) is 0 Å². The summed E-state index contributed by atoms with van der Waals surface area (Å²) >= 11 is 0. The first-order chi connectivity index (χ1) is 7.76. The van der Waals surface area contributed by atoms with Gasteiger partial charge in [-0.15, -0.1) is 0 Å². The van der Waals surface area contributed by atoms with Gasteiger partial charge in [0.05, 0.1) is 13.2 Å². The van der Waals surface area contributed by atoms with Crippen molar-refractivity contribution in [2.45, 2.75) is 31.7 Å². The average Bonchev–Trinajstić information content (AvgIpc) is 2.31. The number of nitrogens with one attached hydrogen (secondary N) is 2. The van der Waals surface area contributed by atoms with Gasteiger partial charge < -0.3 is 24.8 Å². The minimum absolute atomic E-state index is 0.169. The molecule has 0 aromatic carbocycles. The molecule has 5 nitrogen and oxygen atoms in total. The zero-order valence-corrected chi connectivity index (χ0v) is 10.5. The summed E-state index contributed by atoms with van der Waals surface area (Å²) in [5, 5.41) is 6.82. The van der Waals surface area contributed by atoms with E-state index >= 15 is 0 Å². The van der Waals surface area contributed by atoms with E-state index in [1.165, 1.54) is 0 Å². The molecule has 0 bridgehead atoms. The zero-order chi connectivity index (χ0) is 11.8. The third kappa shape index (κ3) is 5.23. The molecule has 1 fully saturated rings. The Kier molecular flexibility index (Phi) is 6.91. The topological polar surface area (TPSA) is 51.8 Å². The molecular weight excluding hydrogens is 208 g/mol. The third-order valence-corrected chi connectivity index (χ3v) is 2.80. The van der Waals surface area contributed by atoms with E-state index in [9.17, 15) is 0 Å². The van der Waals surface area contributed by atoms with Gasteiger partial charge in [-0.25, -0.2) is 0 Å². The van der Waals surface area contributed by atoms with Crippen molar-refractivity contribution in [1.29, 1.82) is 0 Å². The van der Waals surface area contributed by atoms with Crippen molar-refractivity contribution in [2.75, 3.05) is 40.5 Å². The fourth-order valence-corrected chi connectivity index (χ4v) is 1.84. The number of morpholine rings is 1. The predicted molar refractivity (Wildman–Crippen MR) is 62.5 cm³/mol. The number of hydrogen-bond donors (Lipinski definition) is 2. The second kappa shape index (κ2) is 7.97. The molecule has 0 aliphatic carbocycles. The molecule has 0 radical (unpaired) electrons. The molecule has 0 aromatic rings. The van der Waals surface area contributed by atoms with Crippen molar-refractivity contribution in [1.82, 2.24) is 10.6 Å². The Morgan fingerprint density at radius 3 is 2.75 bits per heavy atom. The molecule has 1 rings (SSSR count). The maximum absolute atomic E-state index is 5.41. The Morgan fingerprint density at radius 2 is 2.19 bits per heavy atom. The van der Waals surface area contributed by atoms with Gasteiger partial charge in [-0.1, -0.05) is 0 Å². The van der Waals surface area contributed by atoms with Crippen LogP contribution in [0.15, 0.2) is 0 Å². The molecule has 1 saturated heterocycles. The highest BCUT2D eigenvalue weighted by atomic mass is 16.7. The maximum atomic E-state index is 5.41. The van der Waals surface area contributed by atoms with E-state index in [-0.39, 0.29) is 6.29 Å². The lowest BCUT2D eigenvalue weighted by atomic mass is 10.1. The van der Waals surface area contributed by atoms with Crippen LogP contribution in [0.2, 0.25) is 0 Å². The normalized spacial score (nSPS) is 23.6. The largest absolute Gasteiger partial charge is 0.379 e. The summed E-state index contributed by atoms with van der Waals surface area (Å²) in [6.07, 6.45) is 0.887.